The zero-order valence-electron chi connectivity index (χ0n) is 14.8. The zero-order valence-corrected chi connectivity index (χ0v) is 15.6. The second kappa shape index (κ2) is 7.33. The van der Waals surface area contributed by atoms with Gasteiger partial charge in [-0.05, 0) is 58.3 Å². The van der Waals surface area contributed by atoms with Gasteiger partial charge in [0.15, 0.2) is 0 Å². The molecule has 0 radical (unpaired) electrons. The lowest BCUT2D eigenvalue weighted by molar-refractivity contribution is -0.384. The van der Waals surface area contributed by atoms with Crippen molar-refractivity contribution >= 4 is 23.4 Å². The summed E-state index contributed by atoms with van der Waals surface area (Å²) in [5.74, 6) is 0.166. The van der Waals surface area contributed by atoms with Gasteiger partial charge in [-0.2, -0.15) is 0 Å². The van der Waals surface area contributed by atoms with Gasteiger partial charge in [-0.25, -0.2) is 0 Å². The Balaban J connectivity index is 1.55. The lowest BCUT2D eigenvalue weighted by Gasteiger charge is -2.44. The van der Waals surface area contributed by atoms with Crippen LogP contribution in [0.3, 0.4) is 0 Å². The van der Waals surface area contributed by atoms with Gasteiger partial charge < -0.3 is 9.80 Å². The predicted octanol–water partition coefficient (Wildman–Crippen LogP) is 3.16. The highest BCUT2D eigenvalue weighted by Crippen LogP contribution is 2.37. The van der Waals surface area contributed by atoms with Crippen molar-refractivity contribution in [1.29, 1.82) is 0 Å². The van der Waals surface area contributed by atoms with E-state index in [2.05, 4.69) is 11.9 Å². The first-order valence-electron chi connectivity index (χ1n) is 8.82. The monoisotopic (exact) mass is 363 g/mol. The SMILES string of the molecule is CC(Sc1ccc([N+](=O)[O-])cc1)C(=O)N1CCC2(CCCN2C)CC1. The van der Waals surface area contributed by atoms with Gasteiger partial charge in [0, 0.05) is 35.7 Å². The van der Waals surface area contributed by atoms with Crippen molar-refractivity contribution in [3.63, 3.8) is 0 Å². The van der Waals surface area contributed by atoms with E-state index in [-0.39, 0.29) is 16.8 Å². The number of non-ortho nitro benzene ring substituents is 1. The number of nitrogens with zero attached hydrogens (tertiary/aromatic N) is 3. The van der Waals surface area contributed by atoms with Crippen LogP contribution in [0.1, 0.15) is 32.6 Å². The number of likely N-dealkylation sites (tertiary alicyclic amines) is 2. The molecule has 136 valence electrons. The van der Waals surface area contributed by atoms with Crippen LogP contribution in [0.5, 0.6) is 0 Å². The molecule has 25 heavy (non-hydrogen) atoms. The highest BCUT2D eigenvalue weighted by atomic mass is 32.2. The lowest BCUT2D eigenvalue weighted by atomic mass is 9.85. The summed E-state index contributed by atoms with van der Waals surface area (Å²) in [6, 6.07) is 6.40. The first kappa shape index (κ1) is 18.2. The molecule has 0 saturated carbocycles. The van der Waals surface area contributed by atoms with Crippen molar-refractivity contribution in [2.24, 2.45) is 0 Å². The predicted molar refractivity (Wildman–Crippen MR) is 98.8 cm³/mol. The van der Waals surface area contributed by atoms with Gasteiger partial charge >= 0.3 is 0 Å². The minimum absolute atomic E-state index is 0.0744. The number of nitro benzene ring substituents is 1. The summed E-state index contributed by atoms with van der Waals surface area (Å²) in [6.07, 6.45) is 4.63. The summed E-state index contributed by atoms with van der Waals surface area (Å²) in [4.78, 5) is 28.4. The van der Waals surface area contributed by atoms with Crippen molar-refractivity contribution in [3.05, 3.63) is 34.4 Å². The number of piperidine rings is 1. The topological polar surface area (TPSA) is 66.7 Å². The minimum Gasteiger partial charge on any atom is -0.342 e. The van der Waals surface area contributed by atoms with Crippen molar-refractivity contribution < 1.29 is 9.72 Å². The molecule has 1 atom stereocenters. The Hall–Kier alpha value is -1.60. The van der Waals surface area contributed by atoms with Crippen LogP contribution in [0.2, 0.25) is 0 Å². The van der Waals surface area contributed by atoms with Gasteiger partial charge in [0.05, 0.1) is 10.2 Å². The first-order chi connectivity index (χ1) is 11.9. The Morgan fingerprint density at radius 2 is 1.84 bits per heavy atom. The highest BCUT2D eigenvalue weighted by Gasteiger charge is 2.42. The number of amides is 1. The van der Waals surface area contributed by atoms with Crippen LogP contribution < -0.4 is 0 Å². The molecule has 2 saturated heterocycles. The van der Waals surface area contributed by atoms with Crippen LogP contribution in [0, 0.1) is 10.1 Å². The molecule has 1 spiro atoms. The van der Waals surface area contributed by atoms with E-state index in [0.29, 0.717) is 5.54 Å². The molecular weight excluding hydrogens is 338 g/mol. The molecule has 2 heterocycles. The number of thioether (sulfide) groups is 1. The van der Waals surface area contributed by atoms with Crippen LogP contribution >= 0.6 is 11.8 Å². The number of hydrogen-bond acceptors (Lipinski definition) is 5. The average molecular weight is 363 g/mol. The summed E-state index contributed by atoms with van der Waals surface area (Å²) in [6.45, 7) is 4.74. The van der Waals surface area contributed by atoms with Crippen LogP contribution in [-0.4, -0.2) is 58.1 Å². The van der Waals surface area contributed by atoms with Crippen LogP contribution in [-0.2, 0) is 4.79 Å². The Labute approximate surface area is 152 Å². The van der Waals surface area contributed by atoms with Gasteiger partial charge in [-0.3, -0.25) is 14.9 Å². The van der Waals surface area contributed by atoms with Crippen LogP contribution in [0.4, 0.5) is 5.69 Å². The molecule has 2 fully saturated rings. The fourth-order valence-electron chi connectivity index (χ4n) is 4.01. The standard InChI is InChI=1S/C18H25N3O3S/c1-14(25-16-6-4-15(5-7-16)21(23)24)17(22)20-12-9-18(10-13-20)8-3-11-19(18)2/h4-7,14H,3,8-13H2,1-2H3. The smallest absolute Gasteiger partial charge is 0.269 e. The number of carbonyl (C=O) groups excluding carboxylic acids is 1. The van der Waals surface area contributed by atoms with Crippen LogP contribution in [0.15, 0.2) is 29.2 Å². The van der Waals surface area contributed by atoms with E-state index in [1.807, 2.05) is 11.8 Å². The van der Waals surface area contributed by atoms with Crippen molar-refractivity contribution in [3.8, 4) is 0 Å². The number of carbonyl (C=O) groups is 1. The summed E-state index contributed by atoms with van der Waals surface area (Å²) in [7, 11) is 2.21. The van der Waals surface area contributed by atoms with Gasteiger partial charge in [-0.1, -0.05) is 0 Å². The molecule has 0 aromatic heterocycles. The van der Waals surface area contributed by atoms with Gasteiger partial charge in [0.2, 0.25) is 5.91 Å². The van der Waals surface area contributed by atoms with E-state index in [9.17, 15) is 14.9 Å². The van der Waals surface area contributed by atoms with E-state index in [1.54, 1.807) is 12.1 Å². The molecule has 1 aromatic rings. The maximum absolute atomic E-state index is 12.7. The number of nitro groups is 1. The molecule has 1 aromatic carbocycles. The maximum atomic E-state index is 12.7. The molecule has 1 amide bonds. The van der Waals surface area contributed by atoms with E-state index in [4.69, 9.17) is 0 Å². The van der Waals surface area contributed by atoms with Crippen molar-refractivity contribution in [1.82, 2.24) is 9.80 Å². The van der Waals surface area contributed by atoms with E-state index < -0.39 is 4.92 Å². The molecule has 3 rings (SSSR count). The second-order valence-corrected chi connectivity index (χ2v) is 8.50. The highest BCUT2D eigenvalue weighted by molar-refractivity contribution is 8.00. The minimum atomic E-state index is -0.410. The summed E-state index contributed by atoms with van der Waals surface area (Å²) >= 11 is 1.47. The third-order valence-electron chi connectivity index (χ3n) is 5.66. The lowest BCUT2D eigenvalue weighted by Crippen LogP contribution is -2.53. The van der Waals surface area contributed by atoms with Crippen molar-refractivity contribution in [2.45, 2.75) is 48.3 Å². The Morgan fingerprint density at radius 3 is 2.36 bits per heavy atom. The average Bonchev–Trinajstić information content (AvgIpc) is 2.95. The van der Waals surface area contributed by atoms with Gasteiger partial charge in [-0.15, -0.1) is 11.8 Å². The first-order valence-corrected chi connectivity index (χ1v) is 9.70. The quantitative estimate of drug-likeness (QED) is 0.467. The molecule has 1 unspecified atom stereocenters. The number of rotatable bonds is 4. The number of benzene rings is 1. The summed E-state index contributed by atoms with van der Waals surface area (Å²) < 4.78 is 0. The fraction of sp³-hybridized carbons (Fsp3) is 0.611. The second-order valence-electron chi connectivity index (χ2n) is 7.09. The van der Waals surface area contributed by atoms with Gasteiger partial charge in [0.25, 0.3) is 5.69 Å². The molecule has 7 heteroatoms. The number of hydrogen-bond donors (Lipinski definition) is 0. The Kier molecular flexibility index (Phi) is 5.34. The summed E-state index contributed by atoms with van der Waals surface area (Å²) in [5.41, 5.74) is 0.385. The van der Waals surface area contributed by atoms with Crippen LogP contribution in [0.25, 0.3) is 0 Å². The summed E-state index contributed by atoms with van der Waals surface area (Å²) in [5, 5.41) is 10.5. The fourth-order valence-corrected chi connectivity index (χ4v) is 4.96. The molecule has 0 bridgehead atoms. The normalized spacial score (nSPS) is 21.4. The molecule has 2 aliphatic heterocycles. The Bertz CT molecular complexity index is 641. The van der Waals surface area contributed by atoms with E-state index in [1.165, 1.54) is 43.3 Å². The molecular formula is C18H25N3O3S. The largest absolute Gasteiger partial charge is 0.342 e. The molecule has 6 nitrogen and oxygen atoms in total. The maximum Gasteiger partial charge on any atom is 0.269 e. The molecule has 0 aliphatic carbocycles. The van der Waals surface area contributed by atoms with E-state index >= 15 is 0 Å². The third-order valence-corrected chi connectivity index (χ3v) is 6.76. The third kappa shape index (κ3) is 3.82. The molecule has 2 aliphatic rings. The van der Waals surface area contributed by atoms with Crippen molar-refractivity contribution in [2.75, 3.05) is 26.7 Å². The Morgan fingerprint density at radius 1 is 1.20 bits per heavy atom. The van der Waals surface area contributed by atoms with E-state index in [0.717, 1.165) is 30.8 Å². The molecule has 0 N–H and O–H groups in total. The zero-order chi connectivity index (χ0) is 18.0. The van der Waals surface area contributed by atoms with Gasteiger partial charge in [0.1, 0.15) is 0 Å².